The highest BCUT2D eigenvalue weighted by Crippen LogP contribution is 2.42. The summed E-state index contributed by atoms with van der Waals surface area (Å²) in [5.41, 5.74) is 2.05. The largest absolute Gasteiger partial charge is 0.375 e. The fourth-order valence-corrected chi connectivity index (χ4v) is 4.46. The van der Waals surface area contributed by atoms with Crippen molar-refractivity contribution in [1.82, 2.24) is 9.29 Å². The average Bonchev–Trinajstić information content (AvgIpc) is 2.90. The van der Waals surface area contributed by atoms with Crippen molar-refractivity contribution in [3.8, 4) is 0 Å². The van der Waals surface area contributed by atoms with Crippen LogP contribution < -0.4 is 0 Å². The molecule has 134 valence electrons. The van der Waals surface area contributed by atoms with Crippen LogP contribution in [0.15, 0.2) is 18.2 Å². The molecule has 3 rings (SSSR count). The van der Waals surface area contributed by atoms with Crippen molar-refractivity contribution >= 4 is 10.0 Å². The van der Waals surface area contributed by atoms with Gasteiger partial charge in [-0.05, 0) is 43.7 Å². The second-order valence-corrected chi connectivity index (χ2v) is 9.07. The van der Waals surface area contributed by atoms with Crippen LogP contribution in [0.25, 0.3) is 0 Å². The zero-order chi connectivity index (χ0) is 17.2. The Morgan fingerprint density at radius 2 is 2.12 bits per heavy atom. The first-order valence-corrected chi connectivity index (χ1v) is 10.3. The van der Waals surface area contributed by atoms with Gasteiger partial charge in [-0.3, -0.25) is 4.98 Å². The maximum atomic E-state index is 11.6. The standard InChI is InChI=1S/C17H26N2O4S/c1-14-4-3-5-15(18-14)11-22-12-16-10-17(13-23-16)6-8-19(9-7-17)24(2,20)21/h3-5,16H,6-13H2,1-2H3/t16-/m0/s1. The Morgan fingerprint density at radius 3 is 2.79 bits per heavy atom. The van der Waals surface area contributed by atoms with Crippen molar-refractivity contribution in [2.45, 2.75) is 38.9 Å². The van der Waals surface area contributed by atoms with Crippen LogP contribution in [0.4, 0.5) is 0 Å². The van der Waals surface area contributed by atoms with Crippen LogP contribution in [0.2, 0.25) is 0 Å². The number of nitrogens with zero attached hydrogens (tertiary/aromatic N) is 2. The summed E-state index contributed by atoms with van der Waals surface area (Å²) in [7, 11) is -3.07. The van der Waals surface area contributed by atoms with E-state index < -0.39 is 10.0 Å². The molecule has 1 aromatic rings. The van der Waals surface area contributed by atoms with E-state index in [4.69, 9.17) is 9.47 Å². The summed E-state index contributed by atoms with van der Waals surface area (Å²) in [6, 6.07) is 5.92. The summed E-state index contributed by atoms with van der Waals surface area (Å²) in [5, 5.41) is 0. The van der Waals surface area contributed by atoms with Gasteiger partial charge < -0.3 is 9.47 Å². The minimum absolute atomic E-state index is 0.0968. The summed E-state index contributed by atoms with van der Waals surface area (Å²) >= 11 is 0. The lowest BCUT2D eigenvalue weighted by molar-refractivity contribution is 0.00648. The van der Waals surface area contributed by atoms with Crippen molar-refractivity contribution in [2.75, 3.05) is 32.6 Å². The van der Waals surface area contributed by atoms with E-state index in [1.54, 1.807) is 4.31 Å². The number of aromatic nitrogens is 1. The van der Waals surface area contributed by atoms with Gasteiger partial charge in [0.05, 0.1) is 37.9 Å². The van der Waals surface area contributed by atoms with Gasteiger partial charge in [-0.2, -0.15) is 0 Å². The van der Waals surface area contributed by atoms with E-state index in [2.05, 4.69) is 4.98 Å². The van der Waals surface area contributed by atoms with Gasteiger partial charge in [0.2, 0.25) is 10.0 Å². The van der Waals surface area contributed by atoms with Gasteiger partial charge >= 0.3 is 0 Å². The van der Waals surface area contributed by atoms with Crippen LogP contribution in [0.1, 0.15) is 30.7 Å². The van der Waals surface area contributed by atoms with Gasteiger partial charge in [0.25, 0.3) is 0 Å². The molecule has 0 unspecified atom stereocenters. The van der Waals surface area contributed by atoms with E-state index in [0.29, 0.717) is 32.9 Å². The minimum atomic E-state index is -3.07. The molecule has 0 N–H and O–H groups in total. The highest BCUT2D eigenvalue weighted by molar-refractivity contribution is 7.88. The molecule has 7 heteroatoms. The van der Waals surface area contributed by atoms with Crippen molar-refractivity contribution in [1.29, 1.82) is 0 Å². The van der Waals surface area contributed by atoms with Crippen molar-refractivity contribution < 1.29 is 17.9 Å². The highest BCUT2D eigenvalue weighted by Gasteiger charge is 2.43. The molecule has 0 aliphatic carbocycles. The van der Waals surface area contributed by atoms with Crippen molar-refractivity contribution in [3.05, 3.63) is 29.6 Å². The lowest BCUT2D eigenvalue weighted by Gasteiger charge is -2.37. The SMILES string of the molecule is Cc1cccc(COC[C@@H]2CC3(CCN(S(C)(=O)=O)CC3)CO2)n1. The van der Waals surface area contributed by atoms with Gasteiger partial charge in [0, 0.05) is 18.8 Å². The Hall–Kier alpha value is -1.02. The highest BCUT2D eigenvalue weighted by atomic mass is 32.2. The number of aryl methyl sites for hydroxylation is 1. The average molecular weight is 354 g/mol. The second kappa shape index (κ2) is 7.07. The third-order valence-corrected chi connectivity index (χ3v) is 6.34. The molecule has 0 saturated carbocycles. The molecular formula is C17H26N2O4S. The Bertz CT molecular complexity index is 669. The number of hydrogen-bond donors (Lipinski definition) is 0. The molecule has 1 spiro atoms. The Balaban J connectivity index is 1.44. The summed E-state index contributed by atoms with van der Waals surface area (Å²) in [6.07, 6.45) is 4.07. The molecule has 6 nitrogen and oxygen atoms in total. The number of rotatable bonds is 5. The van der Waals surface area contributed by atoms with E-state index in [1.165, 1.54) is 6.26 Å². The number of ether oxygens (including phenoxy) is 2. The van der Waals surface area contributed by atoms with Gasteiger partial charge in [-0.15, -0.1) is 0 Å². The van der Waals surface area contributed by atoms with E-state index in [0.717, 1.165) is 30.7 Å². The monoisotopic (exact) mass is 354 g/mol. The maximum absolute atomic E-state index is 11.6. The van der Waals surface area contributed by atoms with E-state index in [1.807, 2.05) is 25.1 Å². The third-order valence-electron chi connectivity index (χ3n) is 5.04. The van der Waals surface area contributed by atoms with Gasteiger partial charge in [0.15, 0.2) is 0 Å². The van der Waals surface area contributed by atoms with Gasteiger partial charge in [-0.25, -0.2) is 12.7 Å². The summed E-state index contributed by atoms with van der Waals surface area (Å²) in [4.78, 5) is 4.42. The summed E-state index contributed by atoms with van der Waals surface area (Å²) in [6.45, 7) is 4.94. The third kappa shape index (κ3) is 4.33. The molecule has 0 amide bonds. The quantitative estimate of drug-likeness (QED) is 0.806. The van der Waals surface area contributed by atoms with Crippen LogP contribution in [0.3, 0.4) is 0 Å². The van der Waals surface area contributed by atoms with Crippen molar-refractivity contribution in [3.63, 3.8) is 0 Å². The van der Waals surface area contributed by atoms with Crippen molar-refractivity contribution in [2.24, 2.45) is 5.41 Å². The first kappa shape index (κ1) is 17.8. The van der Waals surface area contributed by atoms with Crippen LogP contribution in [0, 0.1) is 12.3 Å². The second-order valence-electron chi connectivity index (χ2n) is 7.08. The fourth-order valence-electron chi connectivity index (χ4n) is 3.62. The zero-order valence-corrected chi connectivity index (χ0v) is 15.2. The molecule has 2 saturated heterocycles. The normalized spacial score (nSPS) is 24.5. The Morgan fingerprint density at radius 1 is 1.38 bits per heavy atom. The molecular weight excluding hydrogens is 328 g/mol. The van der Waals surface area contributed by atoms with E-state index in [-0.39, 0.29) is 11.5 Å². The van der Waals surface area contributed by atoms with Crippen LogP contribution in [-0.2, 0) is 26.1 Å². The van der Waals surface area contributed by atoms with E-state index in [9.17, 15) is 8.42 Å². The van der Waals surface area contributed by atoms with Gasteiger partial charge in [-0.1, -0.05) is 6.07 Å². The predicted molar refractivity (Wildman–Crippen MR) is 91.1 cm³/mol. The molecule has 2 fully saturated rings. The number of piperidine rings is 1. The topological polar surface area (TPSA) is 68.7 Å². The molecule has 2 aliphatic rings. The summed E-state index contributed by atoms with van der Waals surface area (Å²) in [5.74, 6) is 0. The zero-order valence-electron chi connectivity index (χ0n) is 14.4. The Labute approximate surface area is 144 Å². The molecule has 0 bridgehead atoms. The molecule has 2 aliphatic heterocycles. The molecule has 24 heavy (non-hydrogen) atoms. The molecule has 0 radical (unpaired) electrons. The number of sulfonamides is 1. The van der Waals surface area contributed by atoms with Crippen LogP contribution in [0.5, 0.6) is 0 Å². The number of pyridine rings is 1. The Kier molecular flexibility index (Phi) is 5.24. The first-order chi connectivity index (χ1) is 11.4. The smallest absolute Gasteiger partial charge is 0.211 e. The lowest BCUT2D eigenvalue weighted by Crippen LogP contribution is -2.43. The molecule has 1 atom stereocenters. The molecule has 0 aromatic carbocycles. The lowest BCUT2D eigenvalue weighted by atomic mass is 9.77. The van der Waals surface area contributed by atoms with E-state index >= 15 is 0 Å². The minimum Gasteiger partial charge on any atom is -0.375 e. The predicted octanol–water partition coefficient (Wildman–Crippen LogP) is 1.74. The van der Waals surface area contributed by atoms with Gasteiger partial charge in [0.1, 0.15) is 0 Å². The van der Waals surface area contributed by atoms with Crippen LogP contribution in [-0.4, -0.2) is 56.4 Å². The van der Waals surface area contributed by atoms with Crippen LogP contribution >= 0.6 is 0 Å². The molecule has 1 aromatic heterocycles. The molecule has 3 heterocycles. The summed E-state index contributed by atoms with van der Waals surface area (Å²) < 4.78 is 36.5. The fraction of sp³-hybridized carbons (Fsp3) is 0.706. The first-order valence-electron chi connectivity index (χ1n) is 8.43. The maximum Gasteiger partial charge on any atom is 0.211 e. The number of hydrogen-bond acceptors (Lipinski definition) is 5.